The van der Waals surface area contributed by atoms with E-state index in [0.717, 1.165) is 25.1 Å². The summed E-state index contributed by atoms with van der Waals surface area (Å²) >= 11 is 5.90. The van der Waals surface area contributed by atoms with Crippen LogP contribution in [0.5, 0.6) is 0 Å². The highest BCUT2D eigenvalue weighted by Crippen LogP contribution is 2.35. The highest BCUT2D eigenvalue weighted by Gasteiger charge is 2.38. The van der Waals surface area contributed by atoms with Gasteiger partial charge in [-0.05, 0) is 55.5 Å². The van der Waals surface area contributed by atoms with Gasteiger partial charge in [-0.15, -0.1) is 0 Å². The molecule has 2 saturated heterocycles. The summed E-state index contributed by atoms with van der Waals surface area (Å²) in [5, 5.41) is 6.76. The van der Waals surface area contributed by atoms with E-state index in [0.29, 0.717) is 17.1 Å². The van der Waals surface area contributed by atoms with Crippen LogP contribution in [0.25, 0.3) is 0 Å². The Hall–Kier alpha value is -2.04. The molecule has 2 atom stereocenters. The molecule has 0 aliphatic carbocycles. The van der Waals surface area contributed by atoms with Gasteiger partial charge >= 0.3 is 6.03 Å². The number of hydrogen-bond acceptors (Lipinski definition) is 2. The third-order valence-electron chi connectivity index (χ3n) is 5.77. The van der Waals surface area contributed by atoms with Crippen molar-refractivity contribution in [1.29, 1.82) is 0 Å². The molecule has 4 nitrogen and oxygen atoms in total. The first kappa shape index (κ1) is 18.3. The highest BCUT2D eigenvalue weighted by molar-refractivity contribution is 6.30. The van der Waals surface area contributed by atoms with Crippen molar-refractivity contribution in [3.8, 4) is 0 Å². The Morgan fingerprint density at radius 2 is 1.67 bits per heavy atom. The summed E-state index contributed by atoms with van der Waals surface area (Å²) in [6.45, 7) is 1.01. The summed E-state index contributed by atoms with van der Waals surface area (Å²) in [5.41, 5.74) is 2.14. The minimum atomic E-state index is -0.128. The number of anilines is 1. The van der Waals surface area contributed by atoms with E-state index in [2.05, 4.69) is 45.9 Å². The van der Waals surface area contributed by atoms with E-state index in [1.165, 1.54) is 24.8 Å². The van der Waals surface area contributed by atoms with Crippen LogP contribution in [-0.4, -0.2) is 29.1 Å². The molecule has 2 aliphatic rings. The number of piperidine rings is 2. The Balaban J connectivity index is 1.35. The van der Waals surface area contributed by atoms with Crippen molar-refractivity contribution in [3.63, 3.8) is 0 Å². The second kappa shape index (κ2) is 8.32. The number of rotatable bonds is 4. The third-order valence-corrected chi connectivity index (χ3v) is 6.02. The number of halogens is 1. The zero-order chi connectivity index (χ0) is 18.6. The second-order valence-electron chi connectivity index (χ2n) is 7.67. The molecular formula is C22H26ClN3O. The summed E-state index contributed by atoms with van der Waals surface area (Å²) < 4.78 is 0. The monoisotopic (exact) mass is 383 g/mol. The number of fused-ring (bicyclic) bond motifs is 2. The number of nitrogens with zero attached hydrogens (tertiary/aromatic N) is 1. The van der Waals surface area contributed by atoms with Gasteiger partial charge < -0.3 is 10.6 Å². The lowest BCUT2D eigenvalue weighted by Crippen LogP contribution is -2.56. The summed E-state index contributed by atoms with van der Waals surface area (Å²) in [4.78, 5) is 15.0. The summed E-state index contributed by atoms with van der Waals surface area (Å²) in [6, 6.07) is 19.1. The second-order valence-corrected chi connectivity index (χ2v) is 8.11. The molecule has 2 aliphatic heterocycles. The van der Waals surface area contributed by atoms with Gasteiger partial charge in [-0.1, -0.05) is 48.4 Å². The van der Waals surface area contributed by atoms with Crippen LogP contribution in [0.1, 0.15) is 37.7 Å². The average molecular weight is 384 g/mol. The van der Waals surface area contributed by atoms with Gasteiger partial charge in [0.05, 0.1) is 0 Å². The molecule has 142 valence electrons. The average Bonchev–Trinajstić information content (AvgIpc) is 2.65. The number of carbonyl (C=O) groups excluding carboxylic acids is 1. The van der Waals surface area contributed by atoms with Gasteiger partial charge in [0.2, 0.25) is 0 Å². The Labute approximate surface area is 165 Å². The molecule has 2 heterocycles. The topological polar surface area (TPSA) is 44.4 Å². The molecule has 0 saturated carbocycles. The van der Waals surface area contributed by atoms with Gasteiger partial charge in [-0.3, -0.25) is 4.90 Å². The smallest absolute Gasteiger partial charge is 0.319 e. The van der Waals surface area contributed by atoms with E-state index in [1.807, 2.05) is 12.1 Å². The van der Waals surface area contributed by atoms with Crippen molar-refractivity contribution >= 4 is 23.3 Å². The van der Waals surface area contributed by atoms with Crippen LogP contribution in [0.4, 0.5) is 10.5 Å². The van der Waals surface area contributed by atoms with E-state index in [1.54, 1.807) is 12.1 Å². The van der Waals surface area contributed by atoms with Crippen LogP contribution in [0.2, 0.25) is 5.02 Å². The molecule has 0 radical (unpaired) electrons. The van der Waals surface area contributed by atoms with E-state index < -0.39 is 0 Å². The normalized spacial score (nSPS) is 25.0. The zero-order valence-electron chi connectivity index (χ0n) is 15.4. The molecule has 0 spiro atoms. The van der Waals surface area contributed by atoms with E-state index >= 15 is 0 Å². The van der Waals surface area contributed by atoms with Crippen LogP contribution >= 0.6 is 11.6 Å². The fourth-order valence-electron chi connectivity index (χ4n) is 4.53. The highest BCUT2D eigenvalue weighted by atomic mass is 35.5. The van der Waals surface area contributed by atoms with Crippen molar-refractivity contribution in [3.05, 3.63) is 65.2 Å². The largest absolute Gasteiger partial charge is 0.335 e. The molecule has 0 aromatic heterocycles. The first-order chi connectivity index (χ1) is 13.2. The molecule has 2 fully saturated rings. The maximum Gasteiger partial charge on any atom is 0.319 e. The molecule has 2 N–H and O–H groups in total. The summed E-state index contributed by atoms with van der Waals surface area (Å²) in [5.74, 6) is 0. The SMILES string of the molecule is O=C(Nc1ccc(Cl)cc1)NC1CC2CCCC(C1)N2Cc1ccccc1. The van der Waals surface area contributed by atoms with Gasteiger partial charge in [0.25, 0.3) is 0 Å². The lowest BCUT2D eigenvalue weighted by molar-refractivity contribution is 0.0200. The molecule has 2 unspecified atom stereocenters. The van der Waals surface area contributed by atoms with Crippen LogP contribution < -0.4 is 10.6 Å². The fourth-order valence-corrected chi connectivity index (χ4v) is 4.66. The number of urea groups is 1. The van der Waals surface area contributed by atoms with Crippen molar-refractivity contribution in [2.24, 2.45) is 0 Å². The Kier molecular flexibility index (Phi) is 5.65. The number of hydrogen-bond donors (Lipinski definition) is 2. The predicted octanol–water partition coefficient (Wildman–Crippen LogP) is 5.05. The van der Waals surface area contributed by atoms with Gasteiger partial charge in [0.15, 0.2) is 0 Å². The zero-order valence-corrected chi connectivity index (χ0v) is 16.2. The Morgan fingerprint density at radius 1 is 1.00 bits per heavy atom. The first-order valence-electron chi connectivity index (χ1n) is 9.80. The molecule has 27 heavy (non-hydrogen) atoms. The minimum absolute atomic E-state index is 0.128. The maximum atomic E-state index is 12.4. The summed E-state index contributed by atoms with van der Waals surface area (Å²) in [7, 11) is 0. The van der Waals surface area contributed by atoms with Crippen molar-refractivity contribution in [1.82, 2.24) is 10.2 Å². The third kappa shape index (κ3) is 4.63. The lowest BCUT2D eigenvalue weighted by atomic mass is 9.81. The number of amides is 2. The maximum absolute atomic E-state index is 12.4. The Bertz CT molecular complexity index is 751. The van der Waals surface area contributed by atoms with Crippen LogP contribution in [0.15, 0.2) is 54.6 Å². The van der Waals surface area contributed by atoms with Crippen molar-refractivity contribution in [2.45, 2.75) is 56.8 Å². The minimum Gasteiger partial charge on any atom is -0.335 e. The van der Waals surface area contributed by atoms with E-state index in [4.69, 9.17) is 11.6 Å². The quantitative estimate of drug-likeness (QED) is 0.776. The number of nitrogens with one attached hydrogen (secondary N) is 2. The molecule has 5 heteroatoms. The van der Waals surface area contributed by atoms with E-state index in [9.17, 15) is 4.79 Å². The first-order valence-corrected chi connectivity index (χ1v) is 10.2. The number of benzene rings is 2. The van der Waals surface area contributed by atoms with Crippen molar-refractivity contribution < 1.29 is 4.79 Å². The lowest BCUT2D eigenvalue weighted by Gasteiger charge is -2.49. The molecule has 2 aromatic carbocycles. The molecule has 2 aromatic rings. The standard InChI is InChI=1S/C22H26ClN3O/c23-17-9-11-18(12-10-17)24-22(27)25-19-13-20-7-4-8-21(14-19)26(20)15-16-5-2-1-3-6-16/h1-3,5-6,9-12,19-21H,4,7-8,13-15H2,(H2,24,25,27). The summed E-state index contributed by atoms with van der Waals surface area (Å²) in [6.07, 6.45) is 5.79. The molecular weight excluding hydrogens is 358 g/mol. The van der Waals surface area contributed by atoms with Gasteiger partial charge in [-0.25, -0.2) is 4.79 Å². The van der Waals surface area contributed by atoms with Gasteiger partial charge in [0, 0.05) is 35.4 Å². The number of carbonyl (C=O) groups is 1. The fraction of sp³-hybridized carbons (Fsp3) is 0.409. The van der Waals surface area contributed by atoms with Gasteiger partial charge in [0.1, 0.15) is 0 Å². The van der Waals surface area contributed by atoms with Crippen molar-refractivity contribution in [2.75, 3.05) is 5.32 Å². The van der Waals surface area contributed by atoms with Crippen LogP contribution in [0, 0.1) is 0 Å². The molecule has 2 amide bonds. The van der Waals surface area contributed by atoms with Crippen LogP contribution in [-0.2, 0) is 6.54 Å². The van der Waals surface area contributed by atoms with Gasteiger partial charge in [-0.2, -0.15) is 0 Å². The molecule has 4 rings (SSSR count). The Morgan fingerprint density at radius 3 is 2.33 bits per heavy atom. The predicted molar refractivity (Wildman–Crippen MR) is 110 cm³/mol. The van der Waals surface area contributed by atoms with E-state index in [-0.39, 0.29) is 12.1 Å². The molecule has 2 bridgehead atoms. The van der Waals surface area contributed by atoms with Crippen LogP contribution in [0.3, 0.4) is 0 Å².